The van der Waals surface area contributed by atoms with Gasteiger partial charge < -0.3 is 24.6 Å². The third-order valence-electron chi connectivity index (χ3n) is 5.69. The van der Waals surface area contributed by atoms with Crippen LogP contribution in [0, 0.1) is 0 Å². The van der Waals surface area contributed by atoms with E-state index in [2.05, 4.69) is 17.6 Å². The van der Waals surface area contributed by atoms with Gasteiger partial charge in [-0.2, -0.15) is 0 Å². The lowest BCUT2D eigenvalue weighted by Gasteiger charge is -2.17. The molecule has 1 saturated heterocycles. The molecule has 1 fully saturated rings. The molecule has 0 saturated carbocycles. The average molecular weight is 511 g/mol. The minimum atomic E-state index is -2.42. The molecule has 0 radical (unpaired) electrons. The summed E-state index contributed by atoms with van der Waals surface area (Å²) in [7, 11) is -2.42. The number of ether oxygens (including phenoxy) is 2. The number of carbonyl (C=O) groups is 3. The van der Waals surface area contributed by atoms with Crippen molar-refractivity contribution in [3.8, 4) is 0 Å². The summed E-state index contributed by atoms with van der Waals surface area (Å²) in [5.41, 5.74) is 0.897. The first kappa shape index (κ1) is 29.0. The maximum atomic E-state index is 12.6. The van der Waals surface area contributed by atoms with E-state index in [1.165, 1.54) is 0 Å². The molecule has 2 rings (SSSR count). The van der Waals surface area contributed by atoms with Gasteiger partial charge in [-0.15, -0.1) is 0 Å². The Morgan fingerprint density at radius 1 is 1.11 bits per heavy atom. The van der Waals surface area contributed by atoms with Gasteiger partial charge in [-0.05, 0) is 50.6 Å². The molecule has 1 aromatic carbocycles. The lowest BCUT2D eigenvalue weighted by atomic mass is 10.1. The molecule has 1 heterocycles. The Labute approximate surface area is 208 Å². The van der Waals surface area contributed by atoms with E-state index in [1.54, 1.807) is 0 Å². The Kier molecular flexibility index (Phi) is 14.3. The molecule has 196 valence electrons. The molecule has 0 spiro atoms. The fraction of sp³-hybridized carbons (Fsp3) is 0.640. The molecule has 0 aromatic heterocycles. The first-order valence-corrected chi connectivity index (χ1v) is 14.1. The zero-order valence-electron chi connectivity index (χ0n) is 20.6. The van der Waals surface area contributed by atoms with Crippen molar-refractivity contribution in [2.24, 2.45) is 0 Å². The first-order valence-electron chi connectivity index (χ1n) is 12.6. The number of alkyl carbamates (subject to hydrolysis) is 1. The van der Waals surface area contributed by atoms with Crippen LogP contribution in [-0.4, -0.2) is 49.4 Å². The number of nitrogens with one attached hydrogen (secondary N) is 2. The maximum Gasteiger partial charge on any atom is 0.407 e. The number of esters is 2. The largest absolute Gasteiger partial charge is 0.445 e. The summed E-state index contributed by atoms with van der Waals surface area (Å²) in [4.78, 5) is 36.7. The lowest BCUT2D eigenvalue weighted by molar-refractivity contribution is -0.166. The van der Waals surface area contributed by atoms with Gasteiger partial charge >= 0.3 is 18.0 Å². The quantitative estimate of drug-likeness (QED) is 0.146. The zero-order chi connectivity index (χ0) is 25.3. The van der Waals surface area contributed by atoms with Crippen LogP contribution in [0.3, 0.4) is 0 Å². The van der Waals surface area contributed by atoms with Crippen LogP contribution in [0.25, 0.3) is 0 Å². The molecular formula is C25H39N2O7P. The van der Waals surface area contributed by atoms with Crippen LogP contribution in [0.5, 0.6) is 0 Å². The van der Waals surface area contributed by atoms with Gasteiger partial charge in [0, 0.05) is 12.7 Å². The van der Waals surface area contributed by atoms with Gasteiger partial charge in [0.1, 0.15) is 12.6 Å². The van der Waals surface area contributed by atoms with Gasteiger partial charge in [0.15, 0.2) is 14.1 Å². The van der Waals surface area contributed by atoms with Crippen molar-refractivity contribution in [1.29, 1.82) is 0 Å². The van der Waals surface area contributed by atoms with Crippen molar-refractivity contribution >= 4 is 26.1 Å². The molecule has 1 aliphatic heterocycles. The van der Waals surface area contributed by atoms with Crippen molar-refractivity contribution in [3.63, 3.8) is 0 Å². The van der Waals surface area contributed by atoms with Gasteiger partial charge in [-0.3, -0.25) is 4.57 Å². The van der Waals surface area contributed by atoms with Gasteiger partial charge in [0.25, 0.3) is 0 Å². The molecule has 0 aliphatic carbocycles. The van der Waals surface area contributed by atoms with Gasteiger partial charge in [0.05, 0.1) is 0 Å². The molecule has 10 heteroatoms. The van der Waals surface area contributed by atoms with Crippen molar-refractivity contribution in [3.05, 3.63) is 35.9 Å². The summed E-state index contributed by atoms with van der Waals surface area (Å²) in [6.07, 6.45) is 5.47. The minimum absolute atomic E-state index is 0.185. The molecule has 2 N–H and O–H groups in total. The van der Waals surface area contributed by atoms with Crippen molar-refractivity contribution in [1.82, 2.24) is 10.6 Å². The van der Waals surface area contributed by atoms with Gasteiger partial charge in [-0.1, -0.05) is 56.5 Å². The second-order valence-electron chi connectivity index (χ2n) is 8.66. The van der Waals surface area contributed by atoms with Crippen LogP contribution in [0.4, 0.5) is 4.79 Å². The predicted molar refractivity (Wildman–Crippen MR) is 133 cm³/mol. The third-order valence-corrected chi connectivity index (χ3v) is 7.00. The molecule has 35 heavy (non-hydrogen) atoms. The molecule has 9 nitrogen and oxygen atoms in total. The monoisotopic (exact) mass is 510 g/mol. The summed E-state index contributed by atoms with van der Waals surface area (Å²) in [6.45, 7) is 3.34. The Bertz CT molecular complexity index is 800. The topological polar surface area (TPSA) is 120 Å². The molecule has 3 atom stereocenters. The fourth-order valence-electron chi connectivity index (χ4n) is 3.68. The average Bonchev–Trinajstić information content (AvgIpc) is 3.40. The maximum absolute atomic E-state index is 12.6. The van der Waals surface area contributed by atoms with Gasteiger partial charge in [0.2, 0.25) is 0 Å². The number of benzene rings is 1. The van der Waals surface area contributed by atoms with E-state index in [4.69, 9.17) is 14.0 Å². The lowest BCUT2D eigenvalue weighted by Crippen LogP contribution is -2.37. The number of rotatable bonds is 16. The summed E-state index contributed by atoms with van der Waals surface area (Å²) < 4.78 is 28.2. The molecule has 1 aliphatic rings. The first-order chi connectivity index (χ1) is 17.0. The molecule has 2 unspecified atom stereocenters. The minimum Gasteiger partial charge on any atom is -0.445 e. The van der Waals surface area contributed by atoms with Crippen LogP contribution in [0.1, 0.15) is 70.3 Å². The SMILES string of the molecule is CCCCCC[PH](=O)OC(CCCCNC(=O)OCc1ccccc1)C(=O)OC(=O)[C@@H]1CCCN1. The highest BCUT2D eigenvalue weighted by molar-refractivity contribution is 7.39. The third kappa shape index (κ3) is 12.3. The second kappa shape index (κ2) is 17.2. The van der Waals surface area contributed by atoms with E-state index < -0.39 is 38.2 Å². The Morgan fingerprint density at radius 2 is 1.91 bits per heavy atom. The van der Waals surface area contributed by atoms with E-state index in [1.807, 2.05) is 30.3 Å². The number of hydrogen-bond donors (Lipinski definition) is 2. The zero-order valence-corrected chi connectivity index (χ0v) is 21.6. The number of unbranched alkanes of at least 4 members (excludes halogenated alkanes) is 4. The van der Waals surface area contributed by atoms with Gasteiger partial charge in [-0.25, -0.2) is 14.4 Å². The van der Waals surface area contributed by atoms with Crippen LogP contribution >= 0.6 is 8.03 Å². The Hall–Kier alpha value is -2.22. The Balaban J connectivity index is 1.73. The van der Waals surface area contributed by atoms with Crippen molar-refractivity contribution < 1.29 is 32.9 Å². The standard InChI is InChI=1S/C25H39N2O7P/c1-2-3-4-10-18-35(31)34-22(24(29)33-23(28)21-14-11-17-26-21)15-8-9-16-27-25(30)32-19-20-12-6-5-7-13-20/h5-7,12-13,21-22,26,35H,2-4,8-11,14-19H2,1H3,(H,27,30)/t21-,22?/m0/s1. The number of hydrogen-bond acceptors (Lipinski definition) is 8. The molecular weight excluding hydrogens is 471 g/mol. The fourth-order valence-corrected chi connectivity index (χ4v) is 4.87. The normalized spacial score (nSPS) is 16.9. The highest BCUT2D eigenvalue weighted by Gasteiger charge is 2.30. The molecule has 0 bridgehead atoms. The highest BCUT2D eigenvalue weighted by Crippen LogP contribution is 2.29. The second-order valence-corrected chi connectivity index (χ2v) is 10.1. The number of amides is 1. The molecule has 1 aromatic rings. The van der Waals surface area contributed by atoms with Crippen LogP contribution in [-0.2, 0) is 34.8 Å². The predicted octanol–water partition coefficient (Wildman–Crippen LogP) is 4.35. The summed E-state index contributed by atoms with van der Waals surface area (Å²) >= 11 is 0. The highest BCUT2D eigenvalue weighted by atomic mass is 31.1. The van der Waals surface area contributed by atoms with E-state index >= 15 is 0 Å². The van der Waals surface area contributed by atoms with Crippen LogP contribution < -0.4 is 10.6 Å². The smallest absolute Gasteiger partial charge is 0.407 e. The van der Waals surface area contributed by atoms with E-state index in [0.717, 1.165) is 37.7 Å². The molecule has 1 amide bonds. The van der Waals surface area contributed by atoms with Crippen molar-refractivity contribution in [2.75, 3.05) is 19.3 Å². The van der Waals surface area contributed by atoms with E-state index in [9.17, 15) is 18.9 Å². The van der Waals surface area contributed by atoms with Crippen molar-refractivity contribution in [2.45, 2.75) is 83.5 Å². The van der Waals surface area contributed by atoms with Crippen LogP contribution in [0.15, 0.2) is 30.3 Å². The number of carbonyl (C=O) groups excluding carboxylic acids is 3. The van der Waals surface area contributed by atoms with E-state index in [-0.39, 0.29) is 13.0 Å². The Morgan fingerprint density at radius 3 is 2.63 bits per heavy atom. The summed E-state index contributed by atoms with van der Waals surface area (Å²) in [5, 5.41) is 5.67. The summed E-state index contributed by atoms with van der Waals surface area (Å²) in [5.74, 6) is -1.42. The summed E-state index contributed by atoms with van der Waals surface area (Å²) in [6, 6.07) is 8.89. The van der Waals surface area contributed by atoms with E-state index in [0.29, 0.717) is 38.5 Å². The van der Waals surface area contributed by atoms with Crippen LogP contribution in [0.2, 0.25) is 0 Å².